The minimum absolute atomic E-state index is 0.138. The highest BCUT2D eigenvalue weighted by molar-refractivity contribution is 4.89. The quantitative estimate of drug-likeness (QED) is 0.479. The van der Waals surface area contributed by atoms with Gasteiger partial charge in [-0.1, -0.05) is 6.92 Å². The molecule has 0 amide bonds. The first kappa shape index (κ1) is 13.8. The third-order valence-electron chi connectivity index (χ3n) is 2.79. The lowest BCUT2D eigenvalue weighted by Gasteiger charge is -2.40. The molecule has 1 fully saturated rings. The predicted molar refractivity (Wildman–Crippen MR) is 54.6 cm³/mol. The van der Waals surface area contributed by atoms with Crippen LogP contribution in [0.25, 0.3) is 0 Å². The highest BCUT2D eigenvalue weighted by Crippen LogP contribution is 2.23. The average Bonchev–Trinajstić information content (AvgIpc) is 2.29. The third kappa shape index (κ3) is 2.91. The van der Waals surface area contributed by atoms with Crippen LogP contribution in [0.15, 0.2) is 0 Å². The van der Waals surface area contributed by atoms with E-state index in [4.69, 9.17) is 14.6 Å². The van der Waals surface area contributed by atoms with Crippen LogP contribution in [-0.2, 0) is 9.47 Å². The van der Waals surface area contributed by atoms with Crippen molar-refractivity contribution in [2.45, 2.75) is 57.1 Å². The fraction of sp³-hybridized carbons (Fsp3) is 1.00. The Kier molecular flexibility index (Phi) is 5.10. The summed E-state index contributed by atoms with van der Waals surface area (Å²) < 4.78 is 10.5. The van der Waals surface area contributed by atoms with Gasteiger partial charge in [-0.15, -0.1) is 0 Å². The Labute approximate surface area is 94.4 Å². The molecule has 1 aliphatic rings. The molecule has 0 aromatic rings. The van der Waals surface area contributed by atoms with Crippen LogP contribution in [0, 0.1) is 0 Å². The summed E-state index contributed by atoms with van der Waals surface area (Å²) in [5, 5.41) is 37.6. The summed E-state index contributed by atoms with van der Waals surface area (Å²) in [5.74, 6) is 0. The molecule has 6 atom stereocenters. The van der Waals surface area contributed by atoms with Gasteiger partial charge in [0.25, 0.3) is 0 Å². The van der Waals surface area contributed by atoms with Crippen molar-refractivity contribution in [3.63, 3.8) is 0 Å². The summed E-state index contributed by atoms with van der Waals surface area (Å²) in [6, 6.07) is 0. The van der Waals surface area contributed by atoms with Crippen molar-refractivity contribution in [1.82, 2.24) is 0 Å². The van der Waals surface area contributed by atoms with Crippen LogP contribution in [-0.4, -0.2) is 63.8 Å². The first-order chi connectivity index (χ1) is 7.51. The smallest absolute Gasteiger partial charge is 0.186 e. The average molecular weight is 236 g/mol. The molecular formula is C10H20O6. The Bertz CT molecular complexity index is 209. The van der Waals surface area contributed by atoms with E-state index in [0.717, 1.165) is 6.42 Å². The van der Waals surface area contributed by atoms with Gasteiger partial charge in [-0.3, -0.25) is 0 Å². The zero-order valence-corrected chi connectivity index (χ0v) is 9.48. The molecule has 1 heterocycles. The summed E-state index contributed by atoms with van der Waals surface area (Å²) in [6.07, 6.45) is -5.36. The highest BCUT2D eigenvalue weighted by Gasteiger charge is 2.44. The van der Waals surface area contributed by atoms with Gasteiger partial charge in [0.2, 0.25) is 0 Å². The third-order valence-corrected chi connectivity index (χ3v) is 2.79. The molecule has 16 heavy (non-hydrogen) atoms. The molecule has 0 saturated carbocycles. The summed E-state index contributed by atoms with van der Waals surface area (Å²) in [4.78, 5) is 0. The van der Waals surface area contributed by atoms with Crippen molar-refractivity contribution < 1.29 is 29.9 Å². The maximum atomic E-state index is 9.62. The highest BCUT2D eigenvalue weighted by atomic mass is 16.7. The Morgan fingerprint density at radius 1 is 1.19 bits per heavy atom. The van der Waals surface area contributed by atoms with Gasteiger partial charge >= 0.3 is 0 Å². The van der Waals surface area contributed by atoms with Crippen molar-refractivity contribution in [1.29, 1.82) is 0 Å². The van der Waals surface area contributed by atoms with E-state index in [1.807, 2.05) is 6.92 Å². The fourth-order valence-electron chi connectivity index (χ4n) is 1.50. The maximum absolute atomic E-state index is 9.62. The molecular weight excluding hydrogens is 216 g/mol. The van der Waals surface area contributed by atoms with Crippen LogP contribution in [0.3, 0.4) is 0 Å². The molecule has 1 aliphatic heterocycles. The Morgan fingerprint density at radius 2 is 1.81 bits per heavy atom. The van der Waals surface area contributed by atoms with Crippen molar-refractivity contribution in [3.8, 4) is 0 Å². The normalized spacial score (nSPS) is 42.0. The van der Waals surface area contributed by atoms with E-state index in [2.05, 4.69) is 0 Å². The minimum Gasteiger partial charge on any atom is -0.394 e. The Balaban J connectivity index is 2.63. The van der Waals surface area contributed by atoms with Gasteiger partial charge in [0.05, 0.1) is 12.7 Å². The minimum atomic E-state index is -1.38. The summed E-state index contributed by atoms with van der Waals surface area (Å²) in [7, 11) is 0. The molecule has 0 bridgehead atoms. The van der Waals surface area contributed by atoms with E-state index in [-0.39, 0.29) is 6.10 Å². The number of hydrogen-bond donors (Lipinski definition) is 4. The van der Waals surface area contributed by atoms with Gasteiger partial charge < -0.3 is 29.9 Å². The van der Waals surface area contributed by atoms with Crippen LogP contribution in [0.5, 0.6) is 0 Å². The van der Waals surface area contributed by atoms with Crippen molar-refractivity contribution in [3.05, 3.63) is 0 Å². The van der Waals surface area contributed by atoms with E-state index in [9.17, 15) is 15.3 Å². The molecule has 6 nitrogen and oxygen atoms in total. The molecule has 0 radical (unpaired) electrons. The first-order valence-electron chi connectivity index (χ1n) is 5.47. The Hall–Kier alpha value is -0.240. The summed E-state index contributed by atoms with van der Waals surface area (Å²) >= 11 is 0. The van der Waals surface area contributed by atoms with Gasteiger partial charge in [0, 0.05) is 0 Å². The molecule has 96 valence electrons. The molecule has 1 saturated heterocycles. The largest absolute Gasteiger partial charge is 0.394 e. The van der Waals surface area contributed by atoms with Crippen LogP contribution >= 0.6 is 0 Å². The lowest BCUT2D eigenvalue weighted by Crippen LogP contribution is -2.59. The molecule has 2 unspecified atom stereocenters. The molecule has 0 aliphatic carbocycles. The molecule has 6 heteroatoms. The van der Waals surface area contributed by atoms with E-state index >= 15 is 0 Å². The summed E-state index contributed by atoms with van der Waals surface area (Å²) in [5.41, 5.74) is 0. The Morgan fingerprint density at radius 3 is 2.31 bits per heavy atom. The molecule has 1 rings (SSSR count). The second-order valence-corrected chi connectivity index (χ2v) is 4.05. The van der Waals surface area contributed by atoms with E-state index in [1.165, 1.54) is 0 Å². The monoisotopic (exact) mass is 236 g/mol. The maximum Gasteiger partial charge on any atom is 0.186 e. The molecule has 0 aromatic heterocycles. The predicted octanol–water partition coefficient (Wildman–Crippen LogP) is -1.40. The van der Waals surface area contributed by atoms with Crippen molar-refractivity contribution in [2.75, 3.05) is 6.61 Å². The summed E-state index contributed by atoms with van der Waals surface area (Å²) in [6.45, 7) is 3.28. The van der Waals surface area contributed by atoms with Gasteiger partial charge in [-0.05, 0) is 13.3 Å². The van der Waals surface area contributed by atoms with Crippen molar-refractivity contribution in [2.24, 2.45) is 0 Å². The second-order valence-electron chi connectivity index (χ2n) is 4.05. The van der Waals surface area contributed by atoms with Crippen LogP contribution in [0.4, 0.5) is 0 Å². The zero-order valence-electron chi connectivity index (χ0n) is 9.48. The van der Waals surface area contributed by atoms with E-state index in [1.54, 1.807) is 6.92 Å². The molecule has 4 N–H and O–H groups in total. The van der Waals surface area contributed by atoms with Crippen LogP contribution in [0.2, 0.25) is 0 Å². The lowest BCUT2D eigenvalue weighted by molar-refractivity contribution is -0.310. The number of aliphatic hydroxyl groups is 4. The molecule has 0 aromatic carbocycles. The number of ether oxygens (including phenoxy) is 2. The van der Waals surface area contributed by atoms with Gasteiger partial charge in [0.15, 0.2) is 6.29 Å². The number of rotatable bonds is 4. The van der Waals surface area contributed by atoms with Gasteiger partial charge in [-0.2, -0.15) is 0 Å². The number of hydrogen-bond acceptors (Lipinski definition) is 6. The molecule has 0 spiro atoms. The van der Waals surface area contributed by atoms with Gasteiger partial charge in [-0.25, -0.2) is 0 Å². The number of aliphatic hydroxyl groups excluding tert-OH is 4. The van der Waals surface area contributed by atoms with E-state index in [0.29, 0.717) is 0 Å². The SMILES string of the molecule is CC[C@@H](C)O[C@H]1OC(CO)[C@@H](O)[C@H](O)C1O. The first-order valence-corrected chi connectivity index (χ1v) is 5.47. The van der Waals surface area contributed by atoms with Crippen LogP contribution in [0.1, 0.15) is 20.3 Å². The lowest BCUT2D eigenvalue weighted by atomic mass is 9.99. The fourth-order valence-corrected chi connectivity index (χ4v) is 1.50. The van der Waals surface area contributed by atoms with Gasteiger partial charge in [0.1, 0.15) is 24.4 Å². The zero-order chi connectivity index (χ0) is 12.3. The standard InChI is InChI=1S/C10H20O6/c1-3-5(2)15-10-9(14)8(13)7(12)6(4-11)16-10/h5-14H,3-4H2,1-2H3/t5-,6?,7-,8+,9?,10+/m1/s1. The second kappa shape index (κ2) is 5.90. The van der Waals surface area contributed by atoms with E-state index < -0.39 is 37.3 Å². The topological polar surface area (TPSA) is 99.4 Å². The van der Waals surface area contributed by atoms with Crippen LogP contribution < -0.4 is 0 Å². The van der Waals surface area contributed by atoms with Crippen molar-refractivity contribution >= 4 is 0 Å².